The van der Waals surface area contributed by atoms with Crippen molar-refractivity contribution in [2.24, 2.45) is 0 Å². The number of benzene rings is 3. The molecule has 3 rings (SSSR count). The molecule has 3 aromatic carbocycles. The number of methoxy groups -OCH3 is 1. The highest BCUT2D eigenvalue weighted by atomic mass is 16.5. The zero-order valence-corrected chi connectivity index (χ0v) is 16.3. The first-order valence-corrected chi connectivity index (χ1v) is 9.19. The predicted octanol–water partition coefficient (Wildman–Crippen LogP) is 4.60. The summed E-state index contributed by atoms with van der Waals surface area (Å²) in [5.74, 6) is 0.767. The molecule has 0 aromatic heterocycles. The van der Waals surface area contributed by atoms with Crippen LogP contribution < -0.4 is 20.1 Å². The number of carbonyl (C=O) groups excluding carboxylic acids is 2. The van der Waals surface area contributed by atoms with Crippen molar-refractivity contribution >= 4 is 23.2 Å². The van der Waals surface area contributed by atoms with E-state index in [-0.39, 0.29) is 11.8 Å². The summed E-state index contributed by atoms with van der Waals surface area (Å²) in [6.45, 7) is 2.49. The smallest absolute Gasteiger partial charge is 0.257 e. The van der Waals surface area contributed by atoms with Gasteiger partial charge in [-0.25, -0.2) is 0 Å². The van der Waals surface area contributed by atoms with E-state index in [0.29, 0.717) is 34.9 Å². The molecule has 0 saturated carbocycles. The molecule has 2 amide bonds. The van der Waals surface area contributed by atoms with E-state index >= 15 is 0 Å². The van der Waals surface area contributed by atoms with Gasteiger partial charge in [0.05, 0.1) is 25.0 Å². The number of hydrogen-bond donors (Lipinski definition) is 2. The second-order valence-corrected chi connectivity index (χ2v) is 6.14. The number of amides is 2. The lowest BCUT2D eigenvalue weighted by Gasteiger charge is -2.12. The van der Waals surface area contributed by atoms with Crippen LogP contribution >= 0.6 is 0 Å². The molecule has 6 nitrogen and oxygen atoms in total. The molecule has 6 heteroatoms. The van der Waals surface area contributed by atoms with Crippen molar-refractivity contribution in [2.75, 3.05) is 24.4 Å². The van der Waals surface area contributed by atoms with Crippen LogP contribution in [0.5, 0.6) is 11.5 Å². The number of ether oxygens (including phenoxy) is 2. The van der Waals surface area contributed by atoms with Gasteiger partial charge in [-0.2, -0.15) is 0 Å². The normalized spacial score (nSPS) is 10.1. The van der Waals surface area contributed by atoms with E-state index in [9.17, 15) is 9.59 Å². The van der Waals surface area contributed by atoms with E-state index in [1.165, 1.54) is 0 Å². The van der Waals surface area contributed by atoms with E-state index < -0.39 is 0 Å². The largest absolute Gasteiger partial charge is 0.497 e. The van der Waals surface area contributed by atoms with Gasteiger partial charge in [0.1, 0.15) is 11.5 Å². The monoisotopic (exact) mass is 390 g/mol. The highest BCUT2D eigenvalue weighted by molar-refractivity contribution is 6.12. The van der Waals surface area contributed by atoms with Gasteiger partial charge >= 0.3 is 0 Å². The summed E-state index contributed by atoms with van der Waals surface area (Å²) in [6, 6.07) is 20.7. The fraction of sp³-hybridized carbons (Fsp3) is 0.130. The minimum Gasteiger partial charge on any atom is -0.497 e. The number of hydrogen-bond acceptors (Lipinski definition) is 4. The first-order chi connectivity index (χ1) is 14.1. The van der Waals surface area contributed by atoms with Gasteiger partial charge in [0.2, 0.25) is 0 Å². The molecule has 3 aromatic rings. The Morgan fingerprint density at radius 2 is 1.45 bits per heavy atom. The second kappa shape index (κ2) is 9.41. The molecule has 0 aliphatic carbocycles. The average molecular weight is 390 g/mol. The number of rotatable bonds is 7. The minimum absolute atomic E-state index is 0.311. The first-order valence-electron chi connectivity index (χ1n) is 9.19. The lowest BCUT2D eigenvalue weighted by Crippen LogP contribution is -2.18. The Hall–Kier alpha value is -3.80. The van der Waals surface area contributed by atoms with E-state index in [2.05, 4.69) is 10.6 Å². The third-order valence-electron chi connectivity index (χ3n) is 4.20. The Morgan fingerprint density at radius 3 is 2.10 bits per heavy atom. The molecular formula is C23H22N2O4. The van der Waals surface area contributed by atoms with Gasteiger partial charge in [-0.05, 0) is 67.6 Å². The molecule has 0 bridgehead atoms. The van der Waals surface area contributed by atoms with Crippen molar-refractivity contribution < 1.29 is 19.1 Å². The van der Waals surface area contributed by atoms with Crippen LogP contribution in [-0.4, -0.2) is 25.5 Å². The maximum Gasteiger partial charge on any atom is 0.257 e. The van der Waals surface area contributed by atoms with Gasteiger partial charge in [-0.1, -0.05) is 12.1 Å². The highest BCUT2D eigenvalue weighted by Gasteiger charge is 2.14. The fourth-order valence-corrected chi connectivity index (χ4v) is 2.73. The third-order valence-corrected chi connectivity index (χ3v) is 4.20. The van der Waals surface area contributed by atoms with Crippen molar-refractivity contribution in [2.45, 2.75) is 6.92 Å². The van der Waals surface area contributed by atoms with Gasteiger partial charge in [0.15, 0.2) is 0 Å². The lowest BCUT2D eigenvalue weighted by atomic mass is 10.1. The fourth-order valence-electron chi connectivity index (χ4n) is 2.73. The summed E-state index contributed by atoms with van der Waals surface area (Å²) in [7, 11) is 1.56. The van der Waals surface area contributed by atoms with Gasteiger partial charge in [0.25, 0.3) is 11.8 Å². The summed E-state index contributed by atoms with van der Waals surface area (Å²) in [5, 5.41) is 5.63. The maximum absolute atomic E-state index is 12.7. The van der Waals surface area contributed by atoms with Crippen molar-refractivity contribution in [3.05, 3.63) is 83.9 Å². The van der Waals surface area contributed by atoms with Crippen LogP contribution in [0.15, 0.2) is 72.8 Å². The van der Waals surface area contributed by atoms with Crippen LogP contribution in [0.1, 0.15) is 27.6 Å². The molecule has 2 N–H and O–H groups in total. The van der Waals surface area contributed by atoms with Crippen molar-refractivity contribution in [3.63, 3.8) is 0 Å². The molecule has 0 aliphatic heterocycles. The van der Waals surface area contributed by atoms with Crippen molar-refractivity contribution in [1.82, 2.24) is 0 Å². The van der Waals surface area contributed by atoms with E-state index in [0.717, 1.165) is 5.75 Å². The Kier molecular flexibility index (Phi) is 6.47. The zero-order chi connectivity index (χ0) is 20.6. The molecule has 148 valence electrons. The van der Waals surface area contributed by atoms with Gasteiger partial charge in [0, 0.05) is 11.3 Å². The molecule has 0 radical (unpaired) electrons. The molecule has 0 unspecified atom stereocenters. The number of carbonyl (C=O) groups is 2. The Labute approximate surface area is 169 Å². The number of para-hydroxylation sites is 1. The Balaban J connectivity index is 1.73. The topological polar surface area (TPSA) is 76.7 Å². The summed E-state index contributed by atoms with van der Waals surface area (Å²) in [4.78, 5) is 25.3. The summed E-state index contributed by atoms with van der Waals surface area (Å²) in [6.07, 6.45) is 0. The maximum atomic E-state index is 12.7. The standard InChI is InChI=1S/C23H22N2O4/c1-3-29-19-14-10-17(11-15-19)24-23(27)20-6-4-5-7-21(20)25-22(26)16-8-12-18(28-2)13-9-16/h4-15H,3H2,1-2H3,(H,24,27)(H,25,26). The summed E-state index contributed by atoms with van der Waals surface area (Å²) >= 11 is 0. The van der Waals surface area contributed by atoms with Gasteiger partial charge in [-0.3, -0.25) is 9.59 Å². The Bertz CT molecular complexity index is 983. The van der Waals surface area contributed by atoms with Crippen LogP contribution in [0.3, 0.4) is 0 Å². The van der Waals surface area contributed by atoms with Gasteiger partial charge in [-0.15, -0.1) is 0 Å². The van der Waals surface area contributed by atoms with Crippen LogP contribution in [0.2, 0.25) is 0 Å². The summed E-state index contributed by atoms with van der Waals surface area (Å²) in [5.41, 5.74) is 1.89. The minimum atomic E-state index is -0.320. The van der Waals surface area contributed by atoms with Crippen LogP contribution in [0.4, 0.5) is 11.4 Å². The lowest BCUT2D eigenvalue weighted by molar-refractivity contribution is 0.102. The SMILES string of the molecule is CCOc1ccc(NC(=O)c2ccccc2NC(=O)c2ccc(OC)cc2)cc1. The molecule has 0 aliphatic rings. The Morgan fingerprint density at radius 1 is 0.793 bits per heavy atom. The van der Waals surface area contributed by atoms with Gasteiger partial charge < -0.3 is 20.1 Å². The van der Waals surface area contributed by atoms with E-state index in [4.69, 9.17) is 9.47 Å². The highest BCUT2D eigenvalue weighted by Crippen LogP contribution is 2.21. The molecular weight excluding hydrogens is 368 g/mol. The predicted molar refractivity (Wildman–Crippen MR) is 113 cm³/mol. The average Bonchev–Trinajstić information content (AvgIpc) is 2.75. The third kappa shape index (κ3) is 5.13. The second-order valence-electron chi connectivity index (χ2n) is 6.14. The van der Waals surface area contributed by atoms with E-state index in [1.54, 1.807) is 79.9 Å². The molecule has 29 heavy (non-hydrogen) atoms. The van der Waals surface area contributed by atoms with Crippen LogP contribution in [0, 0.1) is 0 Å². The first kappa shape index (κ1) is 19.9. The molecule has 0 fully saturated rings. The quantitative estimate of drug-likeness (QED) is 0.618. The molecule has 0 saturated heterocycles. The number of nitrogens with one attached hydrogen (secondary N) is 2. The van der Waals surface area contributed by atoms with Crippen molar-refractivity contribution in [1.29, 1.82) is 0 Å². The molecule has 0 heterocycles. The zero-order valence-electron chi connectivity index (χ0n) is 16.3. The number of anilines is 2. The molecule has 0 atom stereocenters. The van der Waals surface area contributed by atoms with E-state index in [1.807, 2.05) is 6.92 Å². The van der Waals surface area contributed by atoms with Crippen molar-refractivity contribution in [3.8, 4) is 11.5 Å². The summed E-state index contributed by atoms with van der Waals surface area (Å²) < 4.78 is 10.5. The van der Waals surface area contributed by atoms with Crippen LogP contribution in [0.25, 0.3) is 0 Å². The molecule has 0 spiro atoms. The van der Waals surface area contributed by atoms with Crippen LogP contribution in [-0.2, 0) is 0 Å².